The zero-order valence-corrected chi connectivity index (χ0v) is 24.9. The second-order valence-electron chi connectivity index (χ2n) is 10.1. The highest BCUT2D eigenvalue weighted by Crippen LogP contribution is 2.32. The van der Waals surface area contributed by atoms with Crippen molar-refractivity contribution < 1.29 is 22.7 Å². The smallest absolute Gasteiger partial charge is 0.264 e. The van der Waals surface area contributed by atoms with Crippen LogP contribution in [0, 0.1) is 0 Å². The molecule has 0 bridgehead atoms. The number of carbonyl (C=O) groups is 2. The van der Waals surface area contributed by atoms with Crippen LogP contribution in [0.2, 0.25) is 5.02 Å². The summed E-state index contributed by atoms with van der Waals surface area (Å²) in [7, 11) is -2.71. The highest BCUT2D eigenvalue weighted by molar-refractivity contribution is 7.92. The van der Waals surface area contributed by atoms with Gasteiger partial charge in [0, 0.05) is 12.6 Å². The van der Waals surface area contributed by atoms with Crippen LogP contribution in [0.5, 0.6) is 5.75 Å². The summed E-state index contributed by atoms with van der Waals surface area (Å²) in [5, 5.41) is 3.32. The Morgan fingerprint density at radius 1 is 1.00 bits per heavy atom. The number of anilines is 1. The first-order valence-corrected chi connectivity index (χ1v) is 15.6. The van der Waals surface area contributed by atoms with Crippen molar-refractivity contribution >= 4 is 39.1 Å². The van der Waals surface area contributed by atoms with E-state index in [9.17, 15) is 18.0 Å². The first-order valence-electron chi connectivity index (χ1n) is 13.8. The molecule has 0 radical (unpaired) electrons. The maximum Gasteiger partial charge on any atom is 0.264 e. The Bertz CT molecular complexity index is 1430. The van der Waals surface area contributed by atoms with E-state index in [-0.39, 0.29) is 34.1 Å². The van der Waals surface area contributed by atoms with Gasteiger partial charge in [0.15, 0.2) is 0 Å². The summed E-state index contributed by atoms with van der Waals surface area (Å²) in [4.78, 5) is 29.1. The number of hydrogen-bond acceptors (Lipinski definition) is 5. The molecule has 4 rings (SSSR count). The standard InChI is InChI=1S/C31H36ClN3O5S/c1-3-28(31(37)33-24-14-10-11-15-24)34(21-23-12-6-4-7-13-23)30(36)22-35(25-18-19-29(40-2)27(32)20-25)41(38,39)26-16-8-5-9-17-26/h4-9,12-13,16-20,24,28H,3,10-11,14-15,21-22H2,1-2H3,(H,33,37)/t28-/m0/s1. The lowest BCUT2D eigenvalue weighted by atomic mass is 10.1. The Morgan fingerprint density at radius 3 is 2.22 bits per heavy atom. The third kappa shape index (κ3) is 7.40. The van der Waals surface area contributed by atoms with Crippen LogP contribution in [0.25, 0.3) is 0 Å². The molecular weight excluding hydrogens is 562 g/mol. The molecule has 1 N–H and O–H groups in total. The Labute approximate surface area is 247 Å². The monoisotopic (exact) mass is 597 g/mol. The number of rotatable bonds is 12. The number of sulfonamides is 1. The molecule has 10 heteroatoms. The van der Waals surface area contributed by atoms with Crippen molar-refractivity contribution in [3.8, 4) is 5.75 Å². The van der Waals surface area contributed by atoms with Gasteiger partial charge in [-0.3, -0.25) is 13.9 Å². The second kappa shape index (κ2) is 13.9. The van der Waals surface area contributed by atoms with Crippen molar-refractivity contribution in [2.75, 3.05) is 18.0 Å². The largest absolute Gasteiger partial charge is 0.495 e. The number of hydrogen-bond donors (Lipinski definition) is 1. The van der Waals surface area contributed by atoms with Gasteiger partial charge in [-0.15, -0.1) is 0 Å². The van der Waals surface area contributed by atoms with Gasteiger partial charge in [0.05, 0.1) is 22.7 Å². The normalized spacial score (nSPS) is 14.3. The first kappa shape index (κ1) is 30.4. The Balaban J connectivity index is 1.72. The molecule has 3 aromatic rings. The fraction of sp³-hybridized carbons (Fsp3) is 0.355. The lowest BCUT2D eigenvalue weighted by Gasteiger charge is -2.33. The quantitative estimate of drug-likeness (QED) is 0.301. The van der Waals surface area contributed by atoms with Crippen molar-refractivity contribution in [2.24, 2.45) is 0 Å². The lowest BCUT2D eigenvalue weighted by molar-refractivity contribution is -0.140. The summed E-state index contributed by atoms with van der Waals surface area (Å²) >= 11 is 6.38. The molecule has 1 fully saturated rings. The predicted molar refractivity (Wildman–Crippen MR) is 160 cm³/mol. The van der Waals surface area contributed by atoms with Crippen LogP contribution in [-0.2, 0) is 26.2 Å². The van der Waals surface area contributed by atoms with Crippen LogP contribution in [0.15, 0.2) is 83.8 Å². The minimum Gasteiger partial charge on any atom is -0.495 e. The molecule has 0 unspecified atom stereocenters. The minimum atomic E-state index is -4.18. The SMILES string of the molecule is CC[C@@H](C(=O)NC1CCCC1)N(Cc1ccccc1)C(=O)CN(c1ccc(OC)c(Cl)c1)S(=O)(=O)c1ccccc1. The fourth-order valence-corrected chi connectivity index (χ4v) is 6.80. The van der Waals surface area contributed by atoms with Crippen LogP contribution < -0.4 is 14.4 Å². The zero-order valence-electron chi connectivity index (χ0n) is 23.3. The molecular formula is C31H36ClN3O5S. The van der Waals surface area contributed by atoms with E-state index in [0.717, 1.165) is 35.6 Å². The summed E-state index contributed by atoms with van der Waals surface area (Å²) in [6.07, 6.45) is 4.32. The minimum absolute atomic E-state index is 0.0281. The molecule has 0 spiro atoms. The number of ether oxygens (including phenoxy) is 1. The van der Waals surface area contributed by atoms with Gasteiger partial charge in [-0.1, -0.05) is 79.9 Å². The van der Waals surface area contributed by atoms with E-state index in [1.807, 2.05) is 37.3 Å². The molecule has 218 valence electrons. The van der Waals surface area contributed by atoms with Gasteiger partial charge in [-0.25, -0.2) is 8.42 Å². The number of halogens is 1. The van der Waals surface area contributed by atoms with Gasteiger partial charge in [-0.05, 0) is 55.2 Å². The topological polar surface area (TPSA) is 96.0 Å². The van der Waals surface area contributed by atoms with E-state index in [1.165, 1.54) is 30.2 Å². The van der Waals surface area contributed by atoms with E-state index in [0.29, 0.717) is 12.2 Å². The second-order valence-corrected chi connectivity index (χ2v) is 12.3. The van der Waals surface area contributed by atoms with E-state index in [1.54, 1.807) is 30.3 Å². The van der Waals surface area contributed by atoms with E-state index >= 15 is 0 Å². The summed E-state index contributed by atoms with van der Waals surface area (Å²) in [5.74, 6) is -0.360. The van der Waals surface area contributed by atoms with Gasteiger partial charge >= 0.3 is 0 Å². The number of carbonyl (C=O) groups excluding carboxylic acids is 2. The Hall–Kier alpha value is -3.56. The van der Waals surface area contributed by atoms with Crippen molar-refractivity contribution in [1.29, 1.82) is 0 Å². The molecule has 0 heterocycles. The third-order valence-corrected chi connectivity index (χ3v) is 9.40. The summed E-state index contributed by atoms with van der Waals surface area (Å²) in [5.41, 5.74) is 1.04. The van der Waals surface area contributed by atoms with Crippen molar-refractivity contribution in [3.05, 3.63) is 89.4 Å². The van der Waals surface area contributed by atoms with E-state index in [4.69, 9.17) is 16.3 Å². The molecule has 8 nitrogen and oxygen atoms in total. The van der Waals surface area contributed by atoms with Crippen molar-refractivity contribution in [3.63, 3.8) is 0 Å². The van der Waals surface area contributed by atoms with Gasteiger partial charge in [0.1, 0.15) is 18.3 Å². The lowest BCUT2D eigenvalue weighted by Crippen LogP contribution is -2.53. The maximum absolute atomic E-state index is 14.1. The number of amides is 2. The number of nitrogens with one attached hydrogen (secondary N) is 1. The first-order chi connectivity index (χ1) is 19.7. The van der Waals surface area contributed by atoms with Crippen LogP contribution in [0.3, 0.4) is 0 Å². The Kier molecular flexibility index (Phi) is 10.3. The summed E-state index contributed by atoms with van der Waals surface area (Å²) < 4.78 is 34.1. The molecule has 0 saturated heterocycles. The fourth-order valence-electron chi connectivity index (χ4n) is 5.13. The average molecular weight is 598 g/mol. The third-order valence-electron chi connectivity index (χ3n) is 7.32. The molecule has 0 aliphatic heterocycles. The van der Waals surface area contributed by atoms with Crippen molar-refractivity contribution in [2.45, 2.75) is 62.6 Å². The van der Waals surface area contributed by atoms with Gasteiger partial charge in [0.25, 0.3) is 10.0 Å². The van der Waals surface area contributed by atoms with Gasteiger partial charge in [0.2, 0.25) is 11.8 Å². The predicted octanol–water partition coefficient (Wildman–Crippen LogP) is 5.41. The summed E-state index contributed by atoms with van der Waals surface area (Å²) in [6, 6.07) is 21.1. The number of nitrogens with zero attached hydrogens (tertiary/aromatic N) is 2. The van der Waals surface area contributed by atoms with Gasteiger partial charge < -0.3 is 15.0 Å². The molecule has 1 aliphatic rings. The van der Waals surface area contributed by atoms with Crippen molar-refractivity contribution in [1.82, 2.24) is 10.2 Å². The van der Waals surface area contributed by atoms with Crippen LogP contribution in [0.1, 0.15) is 44.6 Å². The number of methoxy groups -OCH3 is 1. The maximum atomic E-state index is 14.1. The summed E-state index contributed by atoms with van der Waals surface area (Å²) in [6.45, 7) is 1.48. The average Bonchev–Trinajstić information content (AvgIpc) is 3.49. The van der Waals surface area contributed by atoms with E-state index < -0.39 is 28.5 Å². The molecule has 2 amide bonds. The molecule has 0 aromatic heterocycles. The highest BCUT2D eigenvalue weighted by atomic mass is 35.5. The zero-order chi connectivity index (χ0) is 29.4. The van der Waals surface area contributed by atoms with Gasteiger partial charge in [-0.2, -0.15) is 0 Å². The molecule has 3 aromatic carbocycles. The Morgan fingerprint density at radius 2 is 1.63 bits per heavy atom. The highest BCUT2D eigenvalue weighted by Gasteiger charge is 2.34. The van der Waals surface area contributed by atoms with Crippen LogP contribution >= 0.6 is 11.6 Å². The molecule has 1 saturated carbocycles. The van der Waals surface area contributed by atoms with Crippen LogP contribution in [0.4, 0.5) is 5.69 Å². The molecule has 41 heavy (non-hydrogen) atoms. The number of benzene rings is 3. The van der Waals surface area contributed by atoms with E-state index in [2.05, 4.69) is 5.32 Å². The molecule has 1 aliphatic carbocycles. The van der Waals surface area contributed by atoms with Crippen LogP contribution in [-0.4, -0.2) is 50.9 Å². The molecule has 1 atom stereocenters.